The molecule has 11 heteroatoms. The Hall–Kier alpha value is -4.80. The Morgan fingerprint density at radius 1 is 1.08 bits per heavy atom. The van der Waals surface area contributed by atoms with Gasteiger partial charge in [-0.2, -0.15) is 5.10 Å². The van der Waals surface area contributed by atoms with Crippen LogP contribution in [-0.2, 0) is 0 Å². The molecule has 1 aromatic heterocycles. The number of ether oxygens (including phenoxy) is 1. The summed E-state index contributed by atoms with van der Waals surface area (Å²) in [5.41, 5.74) is 0.642. The number of rotatable bonds is 7. The predicted octanol–water partition coefficient (Wildman–Crippen LogP) is 6.20. The highest BCUT2D eigenvalue weighted by Crippen LogP contribution is 2.39. The van der Waals surface area contributed by atoms with Gasteiger partial charge in [-0.3, -0.25) is 14.9 Å². The van der Waals surface area contributed by atoms with E-state index in [-0.39, 0.29) is 34.9 Å². The van der Waals surface area contributed by atoms with E-state index < -0.39 is 29.3 Å². The van der Waals surface area contributed by atoms with Gasteiger partial charge in [0.2, 0.25) is 0 Å². The zero-order chi connectivity index (χ0) is 25.9. The van der Waals surface area contributed by atoms with Crippen LogP contribution in [-0.4, -0.2) is 27.0 Å². The van der Waals surface area contributed by atoms with Crippen molar-refractivity contribution in [2.75, 3.05) is 10.6 Å². The number of non-ortho nitro benzene ring substituents is 1. The number of fused-ring (bicyclic) bond motifs is 1. The number of para-hydroxylation sites is 1. The maximum atomic E-state index is 13.9. The van der Waals surface area contributed by atoms with E-state index in [1.165, 1.54) is 24.4 Å². The van der Waals surface area contributed by atoms with Gasteiger partial charge in [-0.25, -0.2) is 13.5 Å². The monoisotopic (exact) mass is 505 g/mol. The number of nitrogens with zero attached hydrogens (tertiary/aromatic N) is 3. The summed E-state index contributed by atoms with van der Waals surface area (Å²) in [5.74, 6) is 0.0867. The smallest absolute Gasteiger partial charge is 0.275 e. The summed E-state index contributed by atoms with van der Waals surface area (Å²) in [5, 5.41) is 21.3. The summed E-state index contributed by atoms with van der Waals surface area (Å²) in [6.07, 6.45) is -1.40. The number of amides is 1. The predicted molar refractivity (Wildman–Crippen MR) is 132 cm³/mol. The Bertz CT molecular complexity index is 1430. The maximum absolute atomic E-state index is 13.9. The number of nitrogens with one attached hydrogen (secondary N) is 2. The van der Waals surface area contributed by atoms with E-state index in [1.54, 1.807) is 30.3 Å². The number of carbonyl (C=O) groups is 1. The Balaban J connectivity index is 1.44. The number of hydrogen-bond donors (Lipinski definition) is 2. The van der Waals surface area contributed by atoms with Crippen molar-refractivity contribution in [3.8, 4) is 11.5 Å². The molecule has 2 atom stereocenters. The highest BCUT2D eigenvalue weighted by atomic mass is 19.3. The molecule has 2 unspecified atom stereocenters. The van der Waals surface area contributed by atoms with Crippen LogP contribution in [0.1, 0.15) is 34.4 Å². The summed E-state index contributed by atoms with van der Waals surface area (Å²) in [4.78, 5) is 24.1. The van der Waals surface area contributed by atoms with Crippen LogP contribution in [0, 0.1) is 10.1 Å². The van der Waals surface area contributed by atoms with Gasteiger partial charge in [-0.05, 0) is 24.1 Å². The molecule has 0 saturated heterocycles. The lowest BCUT2D eigenvalue weighted by Gasteiger charge is -2.32. The molecule has 0 aliphatic carbocycles. The Morgan fingerprint density at radius 3 is 2.46 bits per heavy atom. The van der Waals surface area contributed by atoms with Gasteiger partial charge in [-0.1, -0.05) is 48.5 Å². The van der Waals surface area contributed by atoms with Gasteiger partial charge in [0.1, 0.15) is 28.9 Å². The zero-order valence-corrected chi connectivity index (χ0v) is 19.3. The number of anilines is 2. The first-order valence-electron chi connectivity index (χ1n) is 11.4. The molecular weight excluding hydrogens is 484 g/mol. The topological polar surface area (TPSA) is 111 Å². The SMILES string of the molecule is O=C(Nc1cc(Oc2ccccc2)cc([N+](=O)[O-])c1)c1cnn2c1NC(c1ccccc1)CC2C(F)F. The molecule has 37 heavy (non-hydrogen) atoms. The second-order valence-corrected chi connectivity index (χ2v) is 8.44. The molecule has 5 rings (SSSR count). The van der Waals surface area contributed by atoms with Crippen molar-refractivity contribution in [2.45, 2.75) is 24.9 Å². The molecule has 188 valence electrons. The molecule has 4 aromatic rings. The standard InChI is InChI=1S/C26H21F2N5O4/c27-24(28)23-14-22(16-7-3-1-4-8-16)31-25-21(15-29-32(23)25)26(34)30-17-11-18(33(35)36)13-20(12-17)37-19-9-5-2-6-10-19/h1-13,15,22-24,31H,14H2,(H,30,34). The number of aromatic nitrogens is 2. The van der Waals surface area contributed by atoms with Gasteiger partial charge in [0.25, 0.3) is 18.0 Å². The first-order chi connectivity index (χ1) is 17.9. The van der Waals surface area contributed by atoms with E-state index in [0.29, 0.717) is 5.75 Å². The summed E-state index contributed by atoms with van der Waals surface area (Å²) < 4.78 is 34.7. The highest BCUT2D eigenvalue weighted by Gasteiger charge is 2.36. The quantitative estimate of drug-likeness (QED) is 0.229. The molecular formula is C26H21F2N5O4. The first kappa shape index (κ1) is 23.9. The van der Waals surface area contributed by atoms with Gasteiger partial charge in [0.15, 0.2) is 0 Å². The van der Waals surface area contributed by atoms with Crippen LogP contribution in [0.25, 0.3) is 0 Å². The van der Waals surface area contributed by atoms with Crippen molar-refractivity contribution >= 4 is 23.1 Å². The first-order valence-corrected chi connectivity index (χ1v) is 11.4. The fraction of sp³-hybridized carbons (Fsp3) is 0.154. The third-order valence-corrected chi connectivity index (χ3v) is 5.97. The normalized spacial score (nSPS) is 16.5. The molecule has 0 saturated carbocycles. The lowest BCUT2D eigenvalue weighted by atomic mass is 9.97. The molecule has 0 fully saturated rings. The fourth-order valence-corrected chi connectivity index (χ4v) is 4.25. The molecule has 1 amide bonds. The summed E-state index contributed by atoms with van der Waals surface area (Å²) >= 11 is 0. The van der Waals surface area contributed by atoms with Crippen LogP contribution in [0.15, 0.2) is 85.1 Å². The third-order valence-electron chi connectivity index (χ3n) is 5.97. The minimum atomic E-state index is -2.70. The van der Waals surface area contributed by atoms with Crippen molar-refractivity contribution in [3.63, 3.8) is 0 Å². The van der Waals surface area contributed by atoms with Gasteiger partial charge >= 0.3 is 0 Å². The number of alkyl halides is 2. The fourth-order valence-electron chi connectivity index (χ4n) is 4.25. The molecule has 1 aliphatic heterocycles. The van der Waals surface area contributed by atoms with Crippen LogP contribution in [0.3, 0.4) is 0 Å². The molecule has 0 spiro atoms. The maximum Gasteiger partial charge on any atom is 0.275 e. The lowest BCUT2D eigenvalue weighted by Crippen LogP contribution is -2.31. The van der Waals surface area contributed by atoms with Gasteiger partial charge in [-0.15, -0.1) is 0 Å². The number of nitro benzene ring substituents is 1. The summed E-state index contributed by atoms with van der Waals surface area (Å²) in [7, 11) is 0. The third kappa shape index (κ3) is 5.10. The average Bonchev–Trinajstić information content (AvgIpc) is 3.33. The average molecular weight is 505 g/mol. The van der Waals surface area contributed by atoms with Crippen LogP contribution in [0.5, 0.6) is 11.5 Å². The molecule has 2 heterocycles. The molecule has 0 radical (unpaired) electrons. The van der Waals surface area contributed by atoms with Gasteiger partial charge < -0.3 is 15.4 Å². The highest BCUT2D eigenvalue weighted by molar-refractivity contribution is 6.07. The molecule has 0 bridgehead atoms. The zero-order valence-electron chi connectivity index (χ0n) is 19.3. The molecule has 3 aromatic carbocycles. The van der Waals surface area contributed by atoms with Gasteiger partial charge in [0, 0.05) is 12.1 Å². The number of carbonyl (C=O) groups excluding carboxylic acids is 1. The summed E-state index contributed by atoms with van der Waals surface area (Å²) in [6, 6.07) is 19.9. The number of nitro groups is 1. The Labute approximate surface area is 209 Å². The van der Waals surface area contributed by atoms with Crippen molar-refractivity contribution in [3.05, 3.63) is 106 Å². The van der Waals surface area contributed by atoms with Gasteiger partial charge in [0.05, 0.1) is 28.9 Å². The van der Waals surface area contributed by atoms with Crippen LogP contribution in [0.2, 0.25) is 0 Å². The Morgan fingerprint density at radius 2 is 1.78 bits per heavy atom. The van der Waals surface area contributed by atoms with Crippen molar-refractivity contribution in [2.24, 2.45) is 0 Å². The van der Waals surface area contributed by atoms with Crippen molar-refractivity contribution in [1.29, 1.82) is 0 Å². The van der Waals surface area contributed by atoms with Crippen LogP contribution < -0.4 is 15.4 Å². The minimum absolute atomic E-state index is 0.0308. The summed E-state index contributed by atoms with van der Waals surface area (Å²) in [6.45, 7) is 0. The van der Waals surface area contributed by atoms with E-state index in [1.807, 2.05) is 30.3 Å². The Kier molecular flexibility index (Phi) is 6.50. The van der Waals surface area contributed by atoms with Crippen molar-refractivity contribution < 1.29 is 23.2 Å². The number of benzene rings is 3. The van der Waals surface area contributed by atoms with Crippen molar-refractivity contribution in [1.82, 2.24) is 9.78 Å². The van der Waals surface area contributed by atoms with Crippen LogP contribution in [0.4, 0.5) is 26.0 Å². The second kappa shape index (κ2) is 10.1. The molecule has 9 nitrogen and oxygen atoms in total. The number of halogens is 2. The lowest BCUT2D eigenvalue weighted by molar-refractivity contribution is -0.384. The largest absolute Gasteiger partial charge is 0.457 e. The van der Waals surface area contributed by atoms with E-state index in [2.05, 4.69) is 15.7 Å². The van der Waals surface area contributed by atoms with E-state index in [4.69, 9.17) is 4.74 Å². The minimum Gasteiger partial charge on any atom is -0.457 e. The second-order valence-electron chi connectivity index (χ2n) is 8.44. The molecule has 2 N–H and O–H groups in total. The number of hydrogen-bond acceptors (Lipinski definition) is 6. The van der Waals surface area contributed by atoms with E-state index in [9.17, 15) is 23.7 Å². The van der Waals surface area contributed by atoms with E-state index in [0.717, 1.165) is 10.2 Å². The van der Waals surface area contributed by atoms with E-state index >= 15 is 0 Å². The molecule has 1 aliphatic rings. The van der Waals surface area contributed by atoms with Crippen LogP contribution >= 0.6 is 0 Å².